The molecule has 26 heteroatoms. The van der Waals surface area contributed by atoms with Gasteiger partial charge in [-0.15, -0.1) is 0 Å². The number of aliphatic hydroxyl groups excluding tert-OH is 2. The molecule has 46 heavy (non-hydrogen) atoms. The number of hydrogen-bond donors (Lipinski definition) is 8. The maximum atomic E-state index is 13.5. The normalized spacial score (nSPS) is 37.1. The Bertz CT molecular complexity index is 1800. The van der Waals surface area contributed by atoms with Gasteiger partial charge in [0.15, 0.2) is 35.4 Å². The van der Waals surface area contributed by atoms with E-state index >= 15 is 0 Å². The molecule has 7 rings (SSSR count). The third kappa shape index (κ3) is 5.56. The van der Waals surface area contributed by atoms with Crippen molar-refractivity contribution in [3.05, 3.63) is 12.7 Å². The van der Waals surface area contributed by atoms with Gasteiger partial charge in [0.25, 0.3) is 0 Å². The van der Waals surface area contributed by atoms with Crippen molar-refractivity contribution in [1.29, 1.82) is 0 Å². The minimum absolute atomic E-state index is 0.0128. The van der Waals surface area contributed by atoms with Crippen LogP contribution in [0.4, 0.5) is 23.5 Å². The van der Waals surface area contributed by atoms with Crippen LogP contribution in [0.25, 0.3) is 22.3 Å². The summed E-state index contributed by atoms with van der Waals surface area (Å²) in [6.07, 6.45) is -8.46. The molecule has 3 aliphatic rings. The number of hydrogen-bond acceptors (Lipinski definition) is 20. The van der Waals surface area contributed by atoms with Gasteiger partial charge in [0.1, 0.15) is 47.7 Å². The van der Waals surface area contributed by atoms with E-state index in [2.05, 4.69) is 54.4 Å². The van der Waals surface area contributed by atoms with E-state index in [1.54, 1.807) is 0 Å². The zero-order valence-corrected chi connectivity index (χ0v) is 26.6. The van der Waals surface area contributed by atoms with Gasteiger partial charge in [0, 0.05) is 0 Å². The summed E-state index contributed by atoms with van der Waals surface area (Å²) in [7, 11) is 0. The number of aliphatic hydroxyl groups is 2. The third-order valence-electron chi connectivity index (χ3n) is 7.41. The fraction of sp³-hybridized carbons (Fsp3) is 0.500. The number of nitrogens with zero attached hydrogens (tertiary/aromatic N) is 8. The monoisotopic (exact) mass is 720 g/mol. The molecule has 10 atom stereocenters. The summed E-state index contributed by atoms with van der Waals surface area (Å²) in [5.74, 6) is -0.347. The Kier molecular flexibility index (Phi) is 7.85. The highest BCUT2D eigenvalue weighted by Crippen LogP contribution is 2.60. The van der Waals surface area contributed by atoms with Gasteiger partial charge in [-0.05, 0) is 0 Å². The van der Waals surface area contributed by atoms with Crippen molar-refractivity contribution in [2.75, 3.05) is 36.1 Å². The molecule has 3 aliphatic heterocycles. The lowest BCUT2D eigenvalue weighted by Crippen LogP contribution is -2.38. The molecular formula is C20H26N12O10P2S2. The second-order valence-corrected chi connectivity index (χ2v) is 16.1. The van der Waals surface area contributed by atoms with Crippen LogP contribution in [0.2, 0.25) is 0 Å². The zero-order valence-electron chi connectivity index (χ0n) is 23.0. The predicted octanol–water partition coefficient (Wildman–Crippen LogP) is -0.595. The SMILES string of the molecule is Nc1nc(N)c2ncn([C@@H]3O[C@@H]4CO[P@@](=O)(S)O[C@H]5[C@@H](O)[C@H](n6cnc7c(N)nc(N)nc76)O[C@@H]5CO[P@@](=O)(S)O[C@H]4[C@H]3O)c2n1. The highest BCUT2D eigenvalue weighted by atomic mass is 32.7. The van der Waals surface area contributed by atoms with Crippen LogP contribution in [0.1, 0.15) is 12.5 Å². The first-order valence-corrected chi connectivity index (χ1v) is 18.6. The largest absolute Gasteiger partial charge is 0.386 e. The van der Waals surface area contributed by atoms with Crippen molar-refractivity contribution in [2.45, 2.75) is 49.1 Å². The van der Waals surface area contributed by atoms with Gasteiger partial charge >= 0.3 is 13.6 Å². The second-order valence-electron chi connectivity index (χ2n) is 10.4. The Morgan fingerprint density at radius 1 is 0.717 bits per heavy atom. The molecule has 10 N–H and O–H groups in total. The van der Waals surface area contributed by atoms with E-state index in [0.29, 0.717) is 0 Å². The van der Waals surface area contributed by atoms with Gasteiger partial charge in [-0.2, -0.15) is 19.9 Å². The standard InChI is InChI=1S/C20H26N12O10P2S2/c21-13-7-15(29-19(23)27-13)31(3-25-7)17-9(33)11-5(39-17)1-37-43(35,45)42-12-6(2-38-44(36,46)41-11)40-18(10(12)34)32-4-26-8-14(22)28-20(24)30-16(8)32/h3-6,9-12,17-18,33-34H,1-2H2,(H,35,45)(H,36,46)(H4,21,23,27,29)(H4,22,24,28,30)/t5-,6-,9-,10-,11-,12-,17-,18-,43-,44-/m1/s1. The first-order chi connectivity index (χ1) is 21.7. The van der Waals surface area contributed by atoms with Crippen LogP contribution in [0.5, 0.6) is 0 Å². The van der Waals surface area contributed by atoms with Gasteiger partial charge in [-0.1, -0.05) is 24.5 Å². The summed E-state index contributed by atoms with van der Waals surface area (Å²) in [6.45, 7) is -9.77. The number of rotatable bonds is 2. The van der Waals surface area contributed by atoms with Crippen LogP contribution in [0.3, 0.4) is 0 Å². The maximum Gasteiger partial charge on any atom is 0.386 e. The molecule has 3 saturated heterocycles. The van der Waals surface area contributed by atoms with E-state index in [-0.39, 0.29) is 45.9 Å². The van der Waals surface area contributed by atoms with Crippen LogP contribution in [-0.4, -0.2) is 99.1 Å². The Labute approximate surface area is 267 Å². The fourth-order valence-corrected chi connectivity index (χ4v) is 8.40. The Morgan fingerprint density at radius 2 is 1.11 bits per heavy atom. The summed E-state index contributed by atoms with van der Waals surface area (Å²) < 4.78 is 63.8. The number of ether oxygens (including phenoxy) is 2. The number of nitrogens with two attached hydrogens (primary N) is 4. The predicted molar refractivity (Wildman–Crippen MR) is 163 cm³/mol. The number of thiol groups is 2. The minimum Gasteiger partial charge on any atom is -0.386 e. The first kappa shape index (κ1) is 31.7. The molecule has 22 nitrogen and oxygen atoms in total. The van der Waals surface area contributed by atoms with E-state index in [4.69, 9.17) is 50.5 Å². The van der Waals surface area contributed by atoms with Gasteiger partial charge in [-0.25, -0.2) is 19.1 Å². The van der Waals surface area contributed by atoms with Crippen LogP contribution in [0, 0.1) is 0 Å². The molecule has 0 unspecified atom stereocenters. The molecular weight excluding hydrogens is 694 g/mol. The molecule has 0 aromatic carbocycles. The lowest BCUT2D eigenvalue weighted by molar-refractivity contribution is -0.0561. The first-order valence-electron chi connectivity index (χ1n) is 13.2. The van der Waals surface area contributed by atoms with Gasteiger partial charge in [0.2, 0.25) is 11.9 Å². The molecule has 0 radical (unpaired) electrons. The number of imidazole rings is 2. The van der Waals surface area contributed by atoms with E-state index in [1.165, 1.54) is 21.8 Å². The van der Waals surface area contributed by atoms with E-state index in [9.17, 15) is 19.3 Å². The molecule has 0 spiro atoms. The van der Waals surface area contributed by atoms with E-state index in [1.807, 2.05) is 0 Å². The summed E-state index contributed by atoms with van der Waals surface area (Å²) in [5, 5.41) is 22.6. The summed E-state index contributed by atoms with van der Waals surface area (Å²) in [6, 6.07) is 0. The molecule has 248 valence electrons. The maximum absolute atomic E-state index is 13.5. The summed E-state index contributed by atoms with van der Waals surface area (Å²) in [5.41, 5.74) is 23.9. The molecule has 0 saturated carbocycles. The van der Waals surface area contributed by atoms with Crippen molar-refractivity contribution in [2.24, 2.45) is 0 Å². The van der Waals surface area contributed by atoms with Gasteiger partial charge in [-0.3, -0.25) is 27.2 Å². The van der Waals surface area contributed by atoms with Crippen molar-refractivity contribution >= 4 is 84.0 Å². The molecule has 4 aromatic heterocycles. The van der Waals surface area contributed by atoms with Gasteiger partial charge in [0.05, 0.1) is 25.9 Å². The zero-order chi connectivity index (χ0) is 32.7. The van der Waals surface area contributed by atoms with E-state index in [0.717, 1.165) is 0 Å². The van der Waals surface area contributed by atoms with Crippen LogP contribution >= 0.6 is 38.1 Å². The number of aromatic nitrogens is 8. The highest BCUT2D eigenvalue weighted by molar-refractivity contribution is 8.44. The van der Waals surface area contributed by atoms with Crippen molar-refractivity contribution in [1.82, 2.24) is 39.0 Å². The summed E-state index contributed by atoms with van der Waals surface area (Å²) >= 11 is 8.15. The quantitative estimate of drug-likeness (QED) is 0.0947. The fourth-order valence-electron chi connectivity index (χ4n) is 5.42. The molecule has 0 amide bonds. The topological polar surface area (TPSA) is 321 Å². The second kappa shape index (κ2) is 11.4. The smallest absolute Gasteiger partial charge is 0.386 e. The van der Waals surface area contributed by atoms with Crippen LogP contribution in [0.15, 0.2) is 12.7 Å². The molecule has 4 aromatic rings. The molecule has 0 bridgehead atoms. The van der Waals surface area contributed by atoms with Crippen LogP contribution in [-0.2, 0) is 36.7 Å². The lowest BCUT2D eigenvalue weighted by Gasteiger charge is -2.28. The molecule has 7 heterocycles. The third-order valence-corrected chi connectivity index (χ3v) is 10.6. The number of fused-ring (bicyclic) bond motifs is 4. The number of nitrogen functional groups attached to an aromatic ring is 4. The Hall–Kier alpha value is -2.86. The average Bonchev–Trinajstić information content (AvgIpc) is 3.72. The van der Waals surface area contributed by atoms with Crippen molar-refractivity contribution in [3.8, 4) is 0 Å². The average molecular weight is 721 g/mol. The molecule has 3 fully saturated rings. The Morgan fingerprint density at radius 3 is 1.50 bits per heavy atom. The van der Waals surface area contributed by atoms with Crippen molar-refractivity contribution < 1.29 is 46.9 Å². The highest BCUT2D eigenvalue weighted by Gasteiger charge is 2.53. The molecule has 0 aliphatic carbocycles. The van der Waals surface area contributed by atoms with E-state index < -0.39 is 75.9 Å². The van der Waals surface area contributed by atoms with Crippen molar-refractivity contribution in [3.63, 3.8) is 0 Å². The minimum atomic E-state index is -4.32. The summed E-state index contributed by atoms with van der Waals surface area (Å²) in [4.78, 5) is 24.2. The van der Waals surface area contributed by atoms with Crippen LogP contribution < -0.4 is 22.9 Å². The van der Waals surface area contributed by atoms with Gasteiger partial charge < -0.3 is 42.6 Å². The Balaban J connectivity index is 1.17. The number of anilines is 4. The lowest BCUT2D eigenvalue weighted by atomic mass is 10.1.